The Balaban J connectivity index is 1.24. The molecule has 8 nitrogen and oxygen atoms in total. The van der Waals surface area contributed by atoms with Gasteiger partial charge < -0.3 is 15.0 Å². The monoisotopic (exact) mass is 452 g/mol. The Kier molecular flexibility index (Phi) is 6.27. The molecule has 1 saturated heterocycles. The Morgan fingerprint density at radius 2 is 1.91 bits per heavy atom. The van der Waals surface area contributed by atoms with Crippen LogP contribution in [-0.4, -0.2) is 53.7 Å². The van der Waals surface area contributed by atoms with Crippen molar-refractivity contribution >= 4 is 22.9 Å². The number of rotatable bonds is 6. The number of fused-ring (bicyclic) bond motifs is 1. The third kappa shape index (κ3) is 4.51. The second kappa shape index (κ2) is 9.81. The summed E-state index contributed by atoms with van der Waals surface area (Å²) in [6.07, 6.45) is 8.79. The van der Waals surface area contributed by atoms with Gasteiger partial charge in [0, 0.05) is 49.6 Å². The molecule has 0 saturated carbocycles. The van der Waals surface area contributed by atoms with Crippen molar-refractivity contribution in [1.29, 1.82) is 0 Å². The minimum Gasteiger partial charge on any atom is -0.378 e. The van der Waals surface area contributed by atoms with Gasteiger partial charge in [-0.3, -0.25) is 9.78 Å². The number of carbonyl (C=O) groups excluding carboxylic acids is 1. The molecule has 0 unspecified atom stereocenters. The van der Waals surface area contributed by atoms with Gasteiger partial charge in [-0.1, -0.05) is 30.3 Å². The number of para-hydroxylation sites is 1. The number of anilines is 1. The maximum atomic E-state index is 12.5. The highest BCUT2D eigenvalue weighted by Crippen LogP contribution is 2.33. The fourth-order valence-corrected chi connectivity index (χ4v) is 4.26. The third-order valence-electron chi connectivity index (χ3n) is 6.08. The zero-order valence-corrected chi connectivity index (χ0v) is 18.7. The van der Waals surface area contributed by atoms with E-state index in [1.165, 1.54) is 0 Å². The molecule has 1 N–H and O–H groups in total. The van der Waals surface area contributed by atoms with Crippen molar-refractivity contribution in [2.45, 2.75) is 12.8 Å². The van der Waals surface area contributed by atoms with Crippen LogP contribution in [0.15, 0.2) is 55.0 Å². The number of nitrogens with zero attached hydrogens (tertiary/aromatic N) is 5. The van der Waals surface area contributed by atoms with E-state index in [9.17, 15) is 4.79 Å². The summed E-state index contributed by atoms with van der Waals surface area (Å²) in [6, 6.07) is 9.58. The lowest BCUT2D eigenvalue weighted by Gasteiger charge is -2.29. The van der Waals surface area contributed by atoms with Crippen LogP contribution in [0, 0.1) is 6.57 Å². The molecular formula is C26H24N6O2. The summed E-state index contributed by atoms with van der Waals surface area (Å²) in [4.78, 5) is 31.6. The second-order valence-electron chi connectivity index (χ2n) is 8.15. The van der Waals surface area contributed by atoms with E-state index in [1.807, 2.05) is 24.4 Å². The average molecular weight is 453 g/mol. The predicted molar refractivity (Wildman–Crippen MR) is 129 cm³/mol. The molecule has 170 valence electrons. The van der Waals surface area contributed by atoms with Gasteiger partial charge in [-0.05, 0) is 23.6 Å². The Bertz CT molecular complexity index is 1270. The van der Waals surface area contributed by atoms with Crippen molar-refractivity contribution in [3.05, 3.63) is 94.6 Å². The SMILES string of the molecule is [C-]#[N+]c1ccccc1CCNC(=O)c1ncc(C2=CCc3ncc(N4CCOCC4)cc32)cn1. The van der Waals surface area contributed by atoms with Gasteiger partial charge in [-0.15, -0.1) is 0 Å². The van der Waals surface area contributed by atoms with Crippen LogP contribution >= 0.6 is 0 Å². The van der Waals surface area contributed by atoms with Gasteiger partial charge >= 0.3 is 0 Å². The zero-order chi connectivity index (χ0) is 23.3. The first-order valence-electron chi connectivity index (χ1n) is 11.3. The molecule has 3 heterocycles. The predicted octanol–water partition coefficient (Wildman–Crippen LogP) is 3.22. The third-order valence-corrected chi connectivity index (χ3v) is 6.08. The summed E-state index contributed by atoms with van der Waals surface area (Å²) in [6.45, 7) is 10.8. The standard InChI is InChI=1S/C26H24N6O2/c1-27-23-5-3-2-4-18(23)8-9-28-26(33)25-30-15-19(16-31-25)21-6-7-24-22(21)14-20(17-29-24)32-10-12-34-13-11-32/h2-6,14-17H,7-13H2,(H,28,33). The molecule has 0 atom stereocenters. The van der Waals surface area contributed by atoms with Crippen LogP contribution in [0.25, 0.3) is 10.4 Å². The Morgan fingerprint density at radius 1 is 1.12 bits per heavy atom. The molecular weight excluding hydrogens is 428 g/mol. The van der Waals surface area contributed by atoms with Crippen molar-refractivity contribution in [3.63, 3.8) is 0 Å². The molecule has 3 aromatic rings. The Hall–Kier alpha value is -4.09. The van der Waals surface area contributed by atoms with Crippen LogP contribution in [0.1, 0.15) is 33.0 Å². The van der Waals surface area contributed by atoms with Gasteiger partial charge in [0.05, 0.1) is 37.4 Å². The number of pyridine rings is 1. The van der Waals surface area contributed by atoms with Crippen LogP contribution in [0.4, 0.5) is 11.4 Å². The Labute approximate surface area is 198 Å². The molecule has 0 spiro atoms. The maximum Gasteiger partial charge on any atom is 0.289 e. The molecule has 1 aliphatic heterocycles. The minimum atomic E-state index is -0.330. The van der Waals surface area contributed by atoms with Crippen LogP contribution in [-0.2, 0) is 17.6 Å². The average Bonchev–Trinajstić information content (AvgIpc) is 3.33. The molecule has 1 aromatic carbocycles. The number of nitrogens with one attached hydrogen (secondary N) is 1. The largest absolute Gasteiger partial charge is 0.378 e. The summed E-state index contributed by atoms with van der Waals surface area (Å²) >= 11 is 0. The maximum absolute atomic E-state index is 12.5. The van der Waals surface area contributed by atoms with Crippen molar-refractivity contribution < 1.29 is 9.53 Å². The number of morpholine rings is 1. The number of aromatic nitrogens is 3. The lowest BCUT2D eigenvalue weighted by atomic mass is 10.0. The number of amides is 1. The first-order valence-corrected chi connectivity index (χ1v) is 11.3. The fraction of sp³-hybridized carbons (Fsp3) is 0.269. The highest BCUT2D eigenvalue weighted by atomic mass is 16.5. The molecule has 34 heavy (non-hydrogen) atoms. The van der Waals surface area contributed by atoms with Gasteiger partial charge in [0.15, 0.2) is 5.69 Å². The van der Waals surface area contributed by atoms with E-state index >= 15 is 0 Å². The number of allylic oxidation sites excluding steroid dienone is 1. The van der Waals surface area contributed by atoms with Gasteiger partial charge in [-0.2, -0.15) is 0 Å². The van der Waals surface area contributed by atoms with Crippen molar-refractivity contribution in [3.8, 4) is 0 Å². The van der Waals surface area contributed by atoms with Crippen LogP contribution < -0.4 is 10.2 Å². The highest BCUT2D eigenvalue weighted by molar-refractivity contribution is 5.91. The van der Waals surface area contributed by atoms with E-state index in [0.717, 1.165) is 66.4 Å². The summed E-state index contributed by atoms with van der Waals surface area (Å²) < 4.78 is 5.46. The smallest absolute Gasteiger partial charge is 0.289 e. The molecule has 5 rings (SSSR count). The number of ether oxygens (including phenoxy) is 1. The summed E-state index contributed by atoms with van der Waals surface area (Å²) in [7, 11) is 0. The van der Waals surface area contributed by atoms with Gasteiger partial charge in [0.2, 0.25) is 5.82 Å². The molecule has 1 aliphatic carbocycles. The minimum absolute atomic E-state index is 0.126. The number of carbonyl (C=O) groups is 1. The molecule has 2 aromatic heterocycles. The van der Waals surface area contributed by atoms with Crippen LogP contribution in [0.5, 0.6) is 0 Å². The summed E-state index contributed by atoms with van der Waals surface area (Å²) in [5.74, 6) is -0.204. The summed E-state index contributed by atoms with van der Waals surface area (Å²) in [5.41, 5.74) is 6.63. The molecule has 0 bridgehead atoms. The first-order chi connectivity index (χ1) is 16.7. The number of hydrogen-bond donors (Lipinski definition) is 1. The van der Waals surface area contributed by atoms with Crippen LogP contribution in [0.3, 0.4) is 0 Å². The summed E-state index contributed by atoms with van der Waals surface area (Å²) in [5, 5.41) is 2.84. The molecule has 8 heteroatoms. The van der Waals surface area contributed by atoms with Gasteiger partial charge in [0.25, 0.3) is 5.91 Å². The number of benzene rings is 1. The van der Waals surface area contributed by atoms with E-state index in [1.54, 1.807) is 18.5 Å². The molecule has 1 amide bonds. The molecule has 2 aliphatic rings. The highest BCUT2D eigenvalue weighted by Gasteiger charge is 2.21. The van der Waals surface area contributed by atoms with E-state index in [0.29, 0.717) is 18.7 Å². The number of hydrogen-bond acceptors (Lipinski definition) is 6. The van der Waals surface area contributed by atoms with Crippen molar-refractivity contribution in [1.82, 2.24) is 20.3 Å². The van der Waals surface area contributed by atoms with Crippen LogP contribution in [0.2, 0.25) is 0 Å². The van der Waals surface area contributed by atoms with E-state index in [-0.39, 0.29) is 11.7 Å². The lowest BCUT2D eigenvalue weighted by molar-refractivity contribution is 0.0943. The Morgan fingerprint density at radius 3 is 2.71 bits per heavy atom. The van der Waals surface area contributed by atoms with Gasteiger partial charge in [-0.25, -0.2) is 14.8 Å². The fourth-order valence-electron chi connectivity index (χ4n) is 4.26. The van der Waals surface area contributed by atoms with Crippen molar-refractivity contribution in [2.24, 2.45) is 0 Å². The molecule has 0 radical (unpaired) electrons. The van der Waals surface area contributed by atoms with Gasteiger partial charge in [0.1, 0.15) is 0 Å². The van der Waals surface area contributed by atoms with E-state index in [2.05, 4.69) is 42.2 Å². The molecule has 1 fully saturated rings. The van der Waals surface area contributed by atoms with Crippen molar-refractivity contribution in [2.75, 3.05) is 37.7 Å². The zero-order valence-electron chi connectivity index (χ0n) is 18.7. The topological polar surface area (TPSA) is 84.6 Å². The second-order valence-corrected chi connectivity index (χ2v) is 8.15. The quantitative estimate of drug-likeness (QED) is 0.578. The first kappa shape index (κ1) is 21.7. The van der Waals surface area contributed by atoms with E-state index in [4.69, 9.17) is 11.3 Å². The lowest BCUT2D eigenvalue weighted by Crippen LogP contribution is -2.36. The van der Waals surface area contributed by atoms with E-state index < -0.39 is 0 Å². The normalized spacial score (nSPS) is 14.8.